The summed E-state index contributed by atoms with van der Waals surface area (Å²) in [5.74, 6) is 0. The average Bonchev–Trinajstić information content (AvgIpc) is 2.80. The van der Waals surface area contributed by atoms with Crippen LogP contribution in [0.5, 0.6) is 0 Å². The van der Waals surface area contributed by atoms with Gasteiger partial charge in [-0.1, -0.05) is 23.7 Å². The summed E-state index contributed by atoms with van der Waals surface area (Å²) in [6, 6.07) is 5.73. The zero-order valence-electron chi connectivity index (χ0n) is 12.8. The Hall–Kier alpha value is -1.26. The van der Waals surface area contributed by atoms with Gasteiger partial charge in [0.2, 0.25) is 0 Å². The summed E-state index contributed by atoms with van der Waals surface area (Å²) in [6.07, 6.45) is 1.21. The van der Waals surface area contributed by atoms with Crippen molar-refractivity contribution in [2.75, 3.05) is 6.54 Å². The Morgan fingerprint density at radius 1 is 1.48 bits per heavy atom. The highest BCUT2D eigenvalue weighted by molar-refractivity contribution is 6.31. The Bertz CT molecular complexity index is 517. The number of rotatable bonds is 4. The number of hydrogen-bond donors (Lipinski definition) is 2. The highest BCUT2D eigenvalue weighted by atomic mass is 35.5. The summed E-state index contributed by atoms with van der Waals surface area (Å²) in [5.41, 5.74) is 2.24. The third kappa shape index (κ3) is 3.69. The summed E-state index contributed by atoms with van der Waals surface area (Å²) in [5, 5.41) is 13.4. The van der Waals surface area contributed by atoms with Crippen molar-refractivity contribution in [3.05, 3.63) is 34.3 Å². The molecule has 0 saturated carbocycles. The molecule has 2 N–H and O–H groups in total. The van der Waals surface area contributed by atoms with Crippen molar-refractivity contribution in [3.8, 4) is 0 Å². The molecule has 1 aliphatic rings. The molecule has 0 bridgehead atoms. The first-order valence-electron chi connectivity index (χ1n) is 7.42. The molecule has 0 fully saturated rings. The Kier molecular flexibility index (Phi) is 5.12. The van der Waals surface area contributed by atoms with Gasteiger partial charge in [0.05, 0.1) is 12.1 Å². The van der Waals surface area contributed by atoms with Crippen LogP contribution in [-0.2, 0) is 6.42 Å². The number of hydrogen-bond acceptors (Lipinski definition) is 2. The lowest BCUT2D eigenvalue weighted by molar-refractivity contribution is 0.117. The molecule has 116 valence electrons. The molecular formula is C16H23ClN2O2. The van der Waals surface area contributed by atoms with Crippen molar-refractivity contribution in [1.29, 1.82) is 0 Å². The van der Waals surface area contributed by atoms with E-state index in [9.17, 15) is 9.90 Å². The molecule has 0 heterocycles. The lowest BCUT2D eigenvalue weighted by Crippen LogP contribution is -2.47. The molecule has 21 heavy (non-hydrogen) atoms. The van der Waals surface area contributed by atoms with E-state index in [0.717, 1.165) is 29.0 Å². The van der Waals surface area contributed by atoms with Crippen molar-refractivity contribution in [2.24, 2.45) is 0 Å². The number of urea groups is 1. The van der Waals surface area contributed by atoms with Crippen LogP contribution in [0.1, 0.15) is 44.4 Å². The van der Waals surface area contributed by atoms with Crippen LogP contribution in [0.3, 0.4) is 0 Å². The Morgan fingerprint density at radius 2 is 2.19 bits per heavy atom. The van der Waals surface area contributed by atoms with Gasteiger partial charge in [0.15, 0.2) is 0 Å². The van der Waals surface area contributed by atoms with Gasteiger partial charge in [0.25, 0.3) is 0 Å². The lowest BCUT2D eigenvalue weighted by atomic mass is 10.1. The smallest absolute Gasteiger partial charge is 0.318 e. The second-order valence-electron chi connectivity index (χ2n) is 5.94. The predicted molar refractivity (Wildman–Crippen MR) is 84.6 cm³/mol. The maximum absolute atomic E-state index is 12.4. The topological polar surface area (TPSA) is 52.6 Å². The first-order chi connectivity index (χ1) is 9.90. The van der Waals surface area contributed by atoms with Gasteiger partial charge < -0.3 is 15.3 Å². The number of aliphatic hydroxyl groups excluding tert-OH is 1. The zero-order valence-corrected chi connectivity index (χ0v) is 13.5. The van der Waals surface area contributed by atoms with E-state index < -0.39 is 6.10 Å². The van der Waals surface area contributed by atoms with Crippen LogP contribution < -0.4 is 5.32 Å². The van der Waals surface area contributed by atoms with Crippen LogP contribution in [-0.4, -0.2) is 34.7 Å². The molecule has 4 nitrogen and oxygen atoms in total. The molecule has 0 radical (unpaired) electrons. The first-order valence-corrected chi connectivity index (χ1v) is 7.80. The normalized spacial score (nSPS) is 18.5. The second kappa shape index (κ2) is 6.67. The van der Waals surface area contributed by atoms with Gasteiger partial charge in [0, 0.05) is 17.6 Å². The van der Waals surface area contributed by atoms with Crippen molar-refractivity contribution < 1.29 is 9.90 Å². The second-order valence-corrected chi connectivity index (χ2v) is 6.35. The third-order valence-corrected chi connectivity index (χ3v) is 4.21. The summed E-state index contributed by atoms with van der Waals surface area (Å²) in [7, 11) is 0. The fourth-order valence-corrected chi connectivity index (χ4v) is 3.08. The van der Waals surface area contributed by atoms with Crippen molar-refractivity contribution in [1.82, 2.24) is 10.2 Å². The maximum Gasteiger partial charge on any atom is 0.318 e. The van der Waals surface area contributed by atoms with Crippen molar-refractivity contribution in [2.45, 2.75) is 51.8 Å². The molecule has 0 aromatic heterocycles. The zero-order chi connectivity index (χ0) is 15.6. The van der Waals surface area contributed by atoms with Crippen molar-refractivity contribution >= 4 is 17.6 Å². The number of halogens is 1. The van der Waals surface area contributed by atoms with Crippen LogP contribution in [0.15, 0.2) is 18.2 Å². The lowest BCUT2D eigenvalue weighted by Gasteiger charge is -2.29. The van der Waals surface area contributed by atoms with Gasteiger partial charge >= 0.3 is 6.03 Å². The maximum atomic E-state index is 12.4. The molecule has 1 aromatic rings. The molecular weight excluding hydrogens is 288 g/mol. The number of amides is 2. The minimum Gasteiger partial charge on any atom is -0.392 e. The Labute approximate surface area is 131 Å². The van der Waals surface area contributed by atoms with E-state index in [1.54, 1.807) is 11.8 Å². The van der Waals surface area contributed by atoms with Crippen LogP contribution >= 0.6 is 11.6 Å². The molecule has 5 heteroatoms. The van der Waals surface area contributed by atoms with E-state index in [2.05, 4.69) is 5.32 Å². The standard InChI is InChI=1S/C16H23ClN2O2/c1-10(2)19(9-11(3)20)16(21)18-15-8-7-12-13(15)5-4-6-14(12)17/h4-6,10-11,15,20H,7-9H2,1-3H3,(H,18,21). The third-order valence-electron chi connectivity index (χ3n) is 3.86. The van der Waals surface area contributed by atoms with Gasteiger partial charge in [-0.05, 0) is 50.8 Å². The highest BCUT2D eigenvalue weighted by Crippen LogP contribution is 2.35. The van der Waals surface area contributed by atoms with E-state index in [-0.39, 0.29) is 18.1 Å². The van der Waals surface area contributed by atoms with E-state index >= 15 is 0 Å². The number of nitrogens with zero attached hydrogens (tertiary/aromatic N) is 1. The summed E-state index contributed by atoms with van der Waals surface area (Å²) >= 11 is 6.20. The molecule has 0 spiro atoms. The molecule has 0 saturated heterocycles. The molecule has 2 rings (SSSR count). The fraction of sp³-hybridized carbons (Fsp3) is 0.562. The molecule has 2 amide bonds. The quantitative estimate of drug-likeness (QED) is 0.897. The number of benzene rings is 1. The largest absolute Gasteiger partial charge is 0.392 e. The number of carbonyl (C=O) groups excluding carboxylic acids is 1. The van der Waals surface area contributed by atoms with Crippen molar-refractivity contribution in [3.63, 3.8) is 0 Å². The van der Waals surface area contributed by atoms with Gasteiger partial charge in [-0.2, -0.15) is 0 Å². The number of aliphatic hydroxyl groups is 1. The average molecular weight is 311 g/mol. The van der Waals surface area contributed by atoms with Gasteiger partial charge in [-0.15, -0.1) is 0 Å². The highest BCUT2D eigenvalue weighted by Gasteiger charge is 2.28. The monoisotopic (exact) mass is 310 g/mol. The van der Waals surface area contributed by atoms with Crippen LogP contribution in [0, 0.1) is 0 Å². The molecule has 2 atom stereocenters. The fourth-order valence-electron chi connectivity index (χ4n) is 2.80. The number of carbonyl (C=O) groups is 1. The van der Waals surface area contributed by atoms with Crippen LogP contribution in [0.4, 0.5) is 4.79 Å². The summed E-state index contributed by atoms with van der Waals surface area (Å²) < 4.78 is 0. The minimum absolute atomic E-state index is 0.00134. The molecule has 0 aliphatic heterocycles. The van der Waals surface area contributed by atoms with Gasteiger partial charge in [-0.3, -0.25) is 0 Å². The Balaban J connectivity index is 2.09. The molecule has 1 aliphatic carbocycles. The van der Waals surface area contributed by atoms with E-state index in [0.29, 0.717) is 6.54 Å². The Morgan fingerprint density at radius 3 is 2.81 bits per heavy atom. The SMILES string of the molecule is CC(O)CN(C(=O)NC1CCc2c(Cl)cccc21)C(C)C. The molecule has 2 unspecified atom stereocenters. The summed E-state index contributed by atoms with van der Waals surface area (Å²) in [6.45, 7) is 5.91. The van der Waals surface area contributed by atoms with E-state index in [1.807, 2.05) is 32.0 Å². The number of fused-ring (bicyclic) bond motifs is 1. The number of nitrogens with one attached hydrogen (secondary N) is 1. The predicted octanol–water partition coefficient (Wildman–Crippen LogP) is 3.13. The molecule has 1 aromatic carbocycles. The van der Waals surface area contributed by atoms with E-state index in [1.165, 1.54) is 0 Å². The first kappa shape index (κ1) is 16.1. The van der Waals surface area contributed by atoms with Crippen LogP contribution in [0.25, 0.3) is 0 Å². The van der Waals surface area contributed by atoms with Gasteiger partial charge in [0.1, 0.15) is 0 Å². The minimum atomic E-state index is -0.538. The summed E-state index contributed by atoms with van der Waals surface area (Å²) in [4.78, 5) is 14.1. The van der Waals surface area contributed by atoms with E-state index in [4.69, 9.17) is 11.6 Å². The van der Waals surface area contributed by atoms with Gasteiger partial charge in [-0.25, -0.2) is 4.79 Å². The van der Waals surface area contributed by atoms with Crippen LogP contribution in [0.2, 0.25) is 5.02 Å².